The Balaban J connectivity index is 2.03. The van der Waals surface area contributed by atoms with Gasteiger partial charge in [-0.25, -0.2) is 0 Å². The number of ether oxygens (including phenoxy) is 1. The third kappa shape index (κ3) is 3.38. The molecule has 1 aliphatic heterocycles. The van der Waals surface area contributed by atoms with Crippen molar-refractivity contribution in [2.24, 2.45) is 0 Å². The molecule has 0 fully saturated rings. The summed E-state index contributed by atoms with van der Waals surface area (Å²) in [5.41, 5.74) is 0.893. The summed E-state index contributed by atoms with van der Waals surface area (Å²) in [6, 6.07) is 7.31. The van der Waals surface area contributed by atoms with Gasteiger partial charge in [0.1, 0.15) is 5.75 Å². The standard InChI is InChI=1S/C13H15F3O2/c14-13(15,16)8-10(17)7-9-5-6-18-12-4-2-1-3-11(9)12/h1-4,9-10,17H,5-8H2. The number of rotatable bonds is 3. The van der Waals surface area contributed by atoms with Crippen LogP contribution in [0.4, 0.5) is 13.2 Å². The summed E-state index contributed by atoms with van der Waals surface area (Å²) in [6.45, 7) is 0.487. The summed E-state index contributed by atoms with van der Waals surface area (Å²) < 4.78 is 41.9. The van der Waals surface area contributed by atoms with Crippen molar-refractivity contribution >= 4 is 0 Å². The van der Waals surface area contributed by atoms with Gasteiger partial charge >= 0.3 is 6.18 Å². The maximum Gasteiger partial charge on any atom is 0.391 e. The van der Waals surface area contributed by atoms with Crippen molar-refractivity contribution in [1.82, 2.24) is 0 Å². The van der Waals surface area contributed by atoms with Gasteiger partial charge in [0, 0.05) is 0 Å². The molecule has 2 atom stereocenters. The van der Waals surface area contributed by atoms with Crippen LogP contribution in [0, 0.1) is 0 Å². The molecule has 18 heavy (non-hydrogen) atoms. The largest absolute Gasteiger partial charge is 0.493 e. The highest BCUT2D eigenvalue weighted by Crippen LogP contribution is 2.37. The van der Waals surface area contributed by atoms with Crippen LogP contribution in [0.5, 0.6) is 5.75 Å². The Morgan fingerprint density at radius 3 is 2.78 bits per heavy atom. The molecule has 0 spiro atoms. The first-order chi connectivity index (χ1) is 8.46. The molecule has 0 radical (unpaired) electrons. The monoisotopic (exact) mass is 260 g/mol. The Bertz CT molecular complexity index is 403. The van der Waals surface area contributed by atoms with Crippen molar-refractivity contribution in [3.8, 4) is 5.75 Å². The minimum Gasteiger partial charge on any atom is -0.493 e. The van der Waals surface area contributed by atoms with Gasteiger partial charge in [0.05, 0.1) is 19.1 Å². The zero-order valence-electron chi connectivity index (χ0n) is 9.78. The van der Waals surface area contributed by atoms with Crippen molar-refractivity contribution in [2.75, 3.05) is 6.61 Å². The van der Waals surface area contributed by atoms with Crippen LogP contribution >= 0.6 is 0 Å². The van der Waals surface area contributed by atoms with Crippen LogP contribution in [-0.2, 0) is 0 Å². The molecule has 0 aromatic heterocycles. The summed E-state index contributed by atoms with van der Waals surface area (Å²) in [6.07, 6.45) is -6.04. The summed E-state index contributed by atoms with van der Waals surface area (Å²) in [4.78, 5) is 0. The van der Waals surface area contributed by atoms with E-state index in [1.807, 2.05) is 18.2 Å². The molecule has 0 bridgehead atoms. The second-order valence-electron chi connectivity index (χ2n) is 4.58. The van der Waals surface area contributed by atoms with Crippen LogP contribution in [0.1, 0.15) is 30.7 Å². The van der Waals surface area contributed by atoms with E-state index in [1.54, 1.807) is 6.07 Å². The van der Waals surface area contributed by atoms with E-state index in [4.69, 9.17) is 4.74 Å². The van der Waals surface area contributed by atoms with Gasteiger partial charge in [0.2, 0.25) is 0 Å². The number of benzene rings is 1. The number of hydrogen-bond acceptors (Lipinski definition) is 2. The van der Waals surface area contributed by atoms with Crippen molar-refractivity contribution in [3.05, 3.63) is 29.8 Å². The molecule has 1 N–H and O–H groups in total. The SMILES string of the molecule is OC(CC1CCOc2ccccc21)CC(F)(F)F. The minimum absolute atomic E-state index is 0.0627. The van der Waals surface area contributed by atoms with Gasteiger partial charge < -0.3 is 9.84 Å². The Kier molecular flexibility index (Phi) is 3.80. The Hall–Kier alpha value is -1.23. The lowest BCUT2D eigenvalue weighted by Gasteiger charge is -2.27. The fraction of sp³-hybridized carbons (Fsp3) is 0.538. The first-order valence-electron chi connectivity index (χ1n) is 5.92. The highest BCUT2D eigenvalue weighted by Gasteiger charge is 2.33. The van der Waals surface area contributed by atoms with Gasteiger partial charge in [-0.15, -0.1) is 0 Å². The predicted molar refractivity (Wildman–Crippen MR) is 60.6 cm³/mol. The van der Waals surface area contributed by atoms with E-state index < -0.39 is 18.7 Å². The van der Waals surface area contributed by atoms with Gasteiger partial charge in [-0.1, -0.05) is 18.2 Å². The van der Waals surface area contributed by atoms with Gasteiger partial charge in [-0.2, -0.15) is 13.2 Å². The highest BCUT2D eigenvalue weighted by molar-refractivity contribution is 5.37. The van der Waals surface area contributed by atoms with Gasteiger partial charge in [-0.3, -0.25) is 0 Å². The molecule has 1 heterocycles. The second-order valence-corrected chi connectivity index (χ2v) is 4.58. The predicted octanol–water partition coefficient (Wildman–Crippen LogP) is 3.26. The lowest BCUT2D eigenvalue weighted by Crippen LogP contribution is -2.24. The summed E-state index contributed by atoms with van der Waals surface area (Å²) in [5, 5.41) is 9.50. The molecule has 0 aliphatic carbocycles. The summed E-state index contributed by atoms with van der Waals surface area (Å²) in [7, 11) is 0. The van der Waals surface area contributed by atoms with Crippen LogP contribution in [0.3, 0.4) is 0 Å². The lowest BCUT2D eigenvalue weighted by atomic mass is 9.87. The van der Waals surface area contributed by atoms with E-state index in [0.717, 1.165) is 5.56 Å². The van der Waals surface area contributed by atoms with E-state index in [2.05, 4.69) is 0 Å². The molecule has 5 heteroatoms. The number of alkyl halides is 3. The van der Waals surface area contributed by atoms with Crippen LogP contribution in [-0.4, -0.2) is 24.0 Å². The average molecular weight is 260 g/mol. The second kappa shape index (κ2) is 5.18. The molecule has 0 saturated heterocycles. The molecule has 0 amide bonds. The number of fused-ring (bicyclic) bond motifs is 1. The fourth-order valence-electron chi connectivity index (χ4n) is 2.34. The summed E-state index contributed by atoms with van der Waals surface area (Å²) >= 11 is 0. The first kappa shape index (κ1) is 13.2. The third-order valence-electron chi connectivity index (χ3n) is 3.11. The lowest BCUT2D eigenvalue weighted by molar-refractivity contribution is -0.154. The molecular formula is C13H15F3O2. The van der Waals surface area contributed by atoms with Crippen molar-refractivity contribution in [2.45, 2.75) is 37.5 Å². The third-order valence-corrected chi connectivity index (χ3v) is 3.11. The van der Waals surface area contributed by atoms with Gasteiger partial charge in [0.15, 0.2) is 0 Å². The maximum absolute atomic E-state index is 12.2. The normalized spacial score (nSPS) is 21.0. The highest BCUT2D eigenvalue weighted by atomic mass is 19.4. The zero-order valence-corrected chi connectivity index (χ0v) is 9.78. The van der Waals surface area contributed by atoms with Crippen LogP contribution in [0.2, 0.25) is 0 Å². The van der Waals surface area contributed by atoms with E-state index in [1.165, 1.54) is 0 Å². The molecule has 2 nitrogen and oxygen atoms in total. The van der Waals surface area contributed by atoms with E-state index in [-0.39, 0.29) is 12.3 Å². The Labute approximate surface area is 103 Å². The quantitative estimate of drug-likeness (QED) is 0.904. The topological polar surface area (TPSA) is 29.5 Å². The van der Waals surface area contributed by atoms with Crippen LogP contribution in [0.15, 0.2) is 24.3 Å². The molecule has 2 rings (SSSR count). The molecule has 100 valence electrons. The van der Waals surface area contributed by atoms with Crippen molar-refractivity contribution in [1.29, 1.82) is 0 Å². The molecular weight excluding hydrogens is 245 g/mol. The maximum atomic E-state index is 12.2. The van der Waals surface area contributed by atoms with Crippen molar-refractivity contribution in [3.63, 3.8) is 0 Å². The molecule has 1 aromatic rings. The van der Waals surface area contributed by atoms with E-state index >= 15 is 0 Å². The number of aliphatic hydroxyl groups is 1. The molecule has 0 saturated carbocycles. The zero-order chi connectivity index (χ0) is 13.2. The van der Waals surface area contributed by atoms with Crippen LogP contribution < -0.4 is 4.74 Å². The molecule has 1 aromatic carbocycles. The van der Waals surface area contributed by atoms with Crippen LogP contribution in [0.25, 0.3) is 0 Å². The van der Waals surface area contributed by atoms with E-state index in [0.29, 0.717) is 18.8 Å². The molecule has 1 aliphatic rings. The minimum atomic E-state index is -4.32. The molecule has 2 unspecified atom stereocenters. The smallest absolute Gasteiger partial charge is 0.391 e. The van der Waals surface area contributed by atoms with E-state index in [9.17, 15) is 18.3 Å². The first-order valence-corrected chi connectivity index (χ1v) is 5.92. The number of para-hydroxylation sites is 1. The Morgan fingerprint density at radius 1 is 1.33 bits per heavy atom. The Morgan fingerprint density at radius 2 is 2.06 bits per heavy atom. The number of halogens is 3. The summed E-state index contributed by atoms with van der Waals surface area (Å²) in [5.74, 6) is 0.653. The number of hydrogen-bond donors (Lipinski definition) is 1. The average Bonchev–Trinajstić information content (AvgIpc) is 2.27. The van der Waals surface area contributed by atoms with Crippen molar-refractivity contribution < 1.29 is 23.0 Å². The van der Waals surface area contributed by atoms with Gasteiger partial charge in [0.25, 0.3) is 0 Å². The van der Waals surface area contributed by atoms with Gasteiger partial charge in [-0.05, 0) is 30.4 Å². The fourth-order valence-corrected chi connectivity index (χ4v) is 2.34. The number of aliphatic hydroxyl groups excluding tert-OH is 1.